The van der Waals surface area contributed by atoms with Gasteiger partial charge in [0.2, 0.25) is 11.8 Å². The Morgan fingerprint density at radius 2 is 1.92 bits per heavy atom. The van der Waals surface area contributed by atoms with Gasteiger partial charge in [-0.2, -0.15) is 0 Å². The topological polar surface area (TPSA) is 80.2 Å². The van der Waals surface area contributed by atoms with Gasteiger partial charge in [0.1, 0.15) is 6.54 Å². The molecule has 6 nitrogen and oxygen atoms in total. The number of amides is 2. The van der Waals surface area contributed by atoms with Gasteiger partial charge in [-0.15, -0.1) is 0 Å². The number of carbonyl (C=O) groups excluding carboxylic acids is 2. The van der Waals surface area contributed by atoms with Crippen LogP contribution in [0.1, 0.15) is 25.8 Å². The Morgan fingerprint density at radius 1 is 1.15 bits per heavy atom. The molecule has 0 saturated heterocycles. The van der Waals surface area contributed by atoms with Crippen LogP contribution in [0.5, 0.6) is 0 Å². The molecule has 1 aromatic heterocycles. The molecule has 1 aromatic carbocycles. The maximum Gasteiger partial charge on any atom is 0.251 e. The summed E-state index contributed by atoms with van der Waals surface area (Å²) in [6.45, 7) is 4.24. The molecule has 0 bridgehead atoms. The van der Waals surface area contributed by atoms with E-state index in [1.54, 1.807) is 12.3 Å². The lowest BCUT2D eigenvalue weighted by atomic mass is 10.1. The summed E-state index contributed by atoms with van der Waals surface area (Å²) in [6.07, 6.45) is 2.04. The SMILES string of the molecule is CC(C)CC(=O)Nc1cccc(CNC(=O)Cn2cc(Br)ccc2=O)c1. The number of anilines is 1. The van der Waals surface area contributed by atoms with Crippen molar-refractivity contribution in [2.75, 3.05) is 5.32 Å². The van der Waals surface area contributed by atoms with E-state index in [1.807, 2.05) is 38.1 Å². The van der Waals surface area contributed by atoms with Gasteiger partial charge in [-0.25, -0.2) is 0 Å². The number of nitrogens with one attached hydrogen (secondary N) is 2. The normalized spacial score (nSPS) is 10.6. The first kappa shape index (κ1) is 19.9. The first-order chi connectivity index (χ1) is 12.3. The predicted octanol–water partition coefficient (Wildman–Crippen LogP) is 2.91. The van der Waals surface area contributed by atoms with E-state index in [9.17, 15) is 14.4 Å². The van der Waals surface area contributed by atoms with Crippen LogP contribution < -0.4 is 16.2 Å². The van der Waals surface area contributed by atoms with Gasteiger partial charge in [0.15, 0.2) is 0 Å². The highest BCUT2D eigenvalue weighted by Gasteiger charge is 2.07. The number of carbonyl (C=O) groups is 2. The lowest BCUT2D eigenvalue weighted by Crippen LogP contribution is -2.31. The molecular formula is C19H22BrN3O3. The van der Waals surface area contributed by atoms with Crippen molar-refractivity contribution in [3.05, 3.63) is 63.0 Å². The van der Waals surface area contributed by atoms with Gasteiger partial charge in [0.25, 0.3) is 5.56 Å². The van der Waals surface area contributed by atoms with Crippen LogP contribution in [0.25, 0.3) is 0 Å². The molecule has 0 aliphatic rings. The van der Waals surface area contributed by atoms with Crippen molar-refractivity contribution in [3.8, 4) is 0 Å². The molecule has 7 heteroatoms. The molecule has 2 aromatic rings. The van der Waals surface area contributed by atoms with Crippen molar-refractivity contribution in [1.82, 2.24) is 9.88 Å². The number of benzene rings is 1. The third kappa shape index (κ3) is 6.48. The second kappa shape index (κ2) is 9.33. The largest absolute Gasteiger partial charge is 0.350 e. The van der Waals surface area contributed by atoms with Crippen LogP contribution in [0.15, 0.2) is 51.9 Å². The lowest BCUT2D eigenvalue weighted by molar-refractivity contribution is -0.122. The third-order valence-corrected chi connectivity index (χ3v) is 4.02. The summed E-state index contributed by atoms with van der Waals surface area (Å²) in [7, 11) is 0. The molecule has 2 amide bonds. The highest BCUT2D eigenvalue weighted by atomic mass is 79.9. The monoisotopic (exact) mass is 419 g/mol. The van der Waals surface area contributed by atoms with Gasteiger partial charge in [0, 0.05) is 35.4 Å². The summed E-state index contributed by atoms with van der Waals surface area (Å²) in [5, 5.41) is 5.63. The Bertz CT molecular complexity index is 846. The van der Waals surface area contributed by atoms with E-state index in [0.717, 1.165) is 10.0 Å². The van der Waals surface area contributed by atoms with Gasteiger partial charge in [-0.3, -0.25) is 14.4 Å². The minimum atomic E-state index is -0.264. The van der Waals surface area contributed by atoms with Crippen molar-refractivity contribution in [1.29, 1.82) is 0 Å². The number of nitrogens with zero attached hydrogens (tertiary/aromatic N) is 1. The first-order valence-corrected chi connectivity index (χ1v) is 9.14. The molecule has 0 spiro atoms. The van der Waals surface area contributed by atoms with Gasteiger partial charge in [0.05, 0.1) is 0 Å². The van der Waals surface area contributed by atoms with E-state index in [1.165, 1.54) is 10.6 Å². The summed E-state index contributed by atoms with van der Waals surface area (Å²) in [4.78, 5) is 35.6. The minimum Gasteiger partial charge on any atom is -0.350 e. The summed E-state index contributed by atoms with van der Waals surface area (Å²) >= 11 is 3.28. The summed E-state index contributed by atoms with van der Waals surface area (Å²) in [5.41, 5.74) is 1.33. The molecule has 0 aliphatic carbocycles. The zero-order valence-corrected chi connectivity index (χ0v) is 16.4. The van der Waals surface area contributed by atoms with Crippen LogP contribution in [0, 0.1) is 5.92 Å². The Hall–Kier alpha value is -2.41. The average Bonchev–Trinajstić information content (AvgIpc) is 2.56. The fraction of sp³-hybridized carbons (Fsp3) is 0.316. The van der Waals surface area contributed by atoms with Crippen molar-refractivity contribution in [2.45, 2.75) is 33.4 Å². The Kier molecular flexibility index (Phi) is 7.15. The van der Waals surface area contributed by atoms with Crippen LogP contribution in [0.3, 0.4) is 0 Å². The highest BCUT2D eigenvalue weighted by Crippen LogP contribution is 2.12. The van der Waals surface area contributed by atoms with Crippen LogP contribution in [-0.2, 0) is 22.7 Å². The average molecular weight is 420 g/mol. The fourth-order valence-electron chi connectivity index (χ4n) is 2.38. The molecule has 2 N–H and O–H groups in total. The molecule has 0 saturated carbocycles. The van der Waals surface area contributed by atoms with Crippen molar-refractivity contribution >= 4 is 33.4 Å². The summed E-state index contributed by atoms with van der Waals surface area (Å²) in [5.74, 6) is -0.00596. The molecule has 0 atom stereocenters. The quantitative estimate of drug-likeness (QED) is 0.723. The molecule has 138 valence electrons. The molecule has 0 unspecified atom stereocenters. The molecule has 0 radical (unpaired) electrons. The number of halogens is 1. The second-order valence-corrected chi connectivity index (χ2v) is 7.35. The van der Waals surface area contributed by atoms with E-state index in [0.29, 0.717) is 24.6 Å². The maximum atomic E-state index is 12.1. The van der Waals surface area contributed by atoms with E-state index < -0.39 is 0 Å². The van der Waals surface area contributed by atoms with E-state index >= 15 is 0 Å². The third-order valence-electron chi connectivity index (χ3n) is 3.56. The molecule has 0 fully saturated rings. The molecular weight excluding hydrogens is 398 g/mol. The fourth-order valence-corrected chi connectivity index (χ4v) is 2.76. The Balaban J connectivity index is 1.91. The Morgan fingerprint density at radius 3 is 2.65 bits per heavy atom. The summed E-state index contributed by atoms with van der Waals surface area (Å²) < 4.78 is 2.07. The highest BCUT2D eigenvalue weighted by molar-refractivity contribution is 9.10. The zero-order chi connectivity index (χ0) is 19.1. The second-order valence-electron chi connectivity index (χ2n) is 6.44. The molecule has 2 rings (SSSR count). The molecule has 0 aliphatic heterocycles. The van der Waals surface area contributed by atoms with Gasteiger partial charge in [-0.1, -0.05) is 26.0 Å². The van der Waals surface area contributed by atoms with Crippen LogP contribution in [0.4, 0.5) is 5.69 Å². The molecule has 26 heavy (non-hydrogen) atoms. The van der Waals surface area contributed by atoms with Crippen molar-refractivity contribution in [3.63, 3.8) is 0 Å². The first-order valence-electron chi connectivity index (χ1n) is 8.35. The van der Waals surface area contributed by atoms with Gasteiger partial charge >= 0.3 is 0 Å². The number of hydrogen-bond acceptors (Lipinski definition) is 3. The van der Waals surface area contributed by atoms with E-state index in [4.69, 9.17) is 0 Å². The predicted molar refractivity (Wildman–Crippen MR) is 105 cm³/mol. The maximum absolute atomic E-state index is 12.1. The number of aromatic nitrogens is 1. The Labute approximate surface area is 160 Å². The standard InChI is InChI=1S/C19H22BrN3O3/c1-13(2)8-17(24)22-16-5-3-4-14(9-16)10-21-18(25)12-23-11-15(20)6-7-19(23)26/h3-7,9,11,13H,8,10,12H2,1-2H3,(H,21,25)(H,22,24). The van der Waals surface area contributed by atoms with Crippen LogP contribution >= 0.6 is 15.9 Å². The zero-order valence-electron chi connectivity index (χ0n) is 14.8. The number of pyridine rings is 1. The van der Waals surface area contributed by atoms with Crippen molar-refractivity contribution < 1.29 is 9.59 Å². The van der Waals surface area contributed by atoms with Crippen LogP contribution in [-0.4, -0.2) is 16.4 Å². The summed E-state index contributed by atoms with van der Waals surface area (Å²) in [6, 6.07) is 10.4. The van der Waals surface area contributed by atoms with Crippen LogP contribution in [0.2, 0.25) is 0 Å². The molecule has 1 heterocycles. The van der Waals surface area contributed by atoms with Gasteiger partial charge < -0.3 is 15.2 Å². The van der Waals surface area contributed by atoms with E-state index in [2.05, 4.69) is 26.6 Å². The minimum absolute atomic E-state index is 0.0322. The van der Waals surface area contributed by atoms with Crippen molar-refractivity contribution in [2.24, 2.45) is 5.92 Å². The number of hydrogen-bond donors (Lipinski definition) is 2. The van der Waals surface area contributed by atoms with E-state index in [-0.39, 0.29) is 23.9 Å². The smallest absolute Gasteiger partial charge is 0.251 e. The van der Waals surface area contributed by atoms with Gasteiger partial charge in [-0.05, 0) is 45.6 Å². The number of rotatable bonds is 7. The lowest BCUT2D eigenvalue weighted by Gasteiger charge is -2.10.